The summed E-state index contributed by atoms with van der Waals surface area (Å²) < 4.78 is 26.0. The summed E-state index contributed by atoms with van der Waals surface area (Å²) >= 11 is 3.91. The van der Waals surface area contributed by atoms with Gasteiger partial charge < -0.3 is 10.0 Å². The van der Waals surface area contributed by atoms with Crippen LogP contribution in [0.25, 0.3) is 0 Å². The van der Waals surface area contributed by atoms with Gasteiger partial charge >= 0.3 is 0 Å². The summed E-state index contributed by atoms with van der Waals surface area (Å²) in [7, 11) is 0. The van der Waals surface area contributed by atoms with Gasteiger partial charge in [0, 0.05) is 11.7 Å². The first-order valence-electron chi connectivity index (χ1n) is 8.09. The lowest BCUT2D eigenvalue weighted by atomic mass is 10.0. The molecule has 25 heavy (non-hydrogen) atoms. The number of aliphatic hydroxyl groups excluding tert-OH is 1. The van der Waals surface area contributed by atoms with Crippen LogP contribution in [0.15, 0.2) is 48.5 Å². The van der Waals surface area contributed by atoms with Gasteiger partial charge in [0.1, 0.15) is 11.6 Å². The Morgan fingerprint density at radius 1 is 1.04 bits per heavy atom. The van der Waals surface area contributed by atoms with Crippen LogP contribution in [0.1, 0.15) is 37.9 Å². The first-order chi connectivity index (χ1) is 11.9. The third-order valence-electron chi connectivity index (χ3n) is 4.11. The number of amides is 1. The zero-order valence-electron chi connectivity index (χ0n) is 13.9. The summed E-state index contributed by atoms with van der Waals surface area (Å²) in [6.45, 7) is 1.88. The van der Waals surface area contributed by atoms with E-state index in [-0.39, 0.29) is 17.7 Å². The average Bonchev–Trinajstić information content (AvgIpc) is 2.57. The number of thiol groups is 1. The van der Waals surface area contributed by atoms with Crippen LogP contribution in [0.2, 0.25) is 0 Å². The standard InChI is InChI=1S/C19H21F2NO2S/c1-13(22(19(24)25)17-11-9-16(21)10-12-17)3-2-4-18(23)14-5-7-15(20)8-6-14/h5-13,18,23H,2-4H2,1H3,(H,24,25). The second-order valence-corrected chi connectivity index (χ2v) is 6.36. The minimum Gasteiger partial charge on any atom is -0.388 e. The molecular weight excluding hydrogens is 344 g/mol. The van der Waals surface area contributed by atoms with E-state index in [2.05, 4.69) is 12.6 Å². The predicted molar refractivity (Wildman–Crippen MR) is 97.9 cm³/mol. The van der Waals surface area contributed by atoms with Crippen molar-refractivity contribution in [3.05, 3.63) is 65.7 Å². The SMILES string of the molecule is CC(CCCC(O)c1ccc(F)cc1)N(C(=O)S)c1ccc(F)cc1. The topological polar surface area (TPSA) is 40.5 Å². The van der Waals surface area contributed by atoms with Gasteiger partial charge in [0.15, 0.2) is 0 Å². The largest absolute Gasteiger partial charge is 0.388 e. The van der Waals surface area contributed by atoms with E-state index in [0.717, 1.165) is 0 Å². The number of nitrogens with zero attached hydrogens (tertiary/aromatic N) is 1. The predicted octanol–water partition coefficient (Wildman–Crippen LogP) is 5.11. The van der Waals surface area contributed by atoms with Gasteiger partial charge in [0.25, 0.3) is 5.24 Å². The summed E-state index contributed by atoms with van der Waals surface area (Å²) in [5.74, 6) is -0.711. The van der Waals surface area contributed by atoms with Gasteiger partial charge in [-0.15, -0.1) is 0 Å². The summed E-state index contributed by atoms with van der Waals surface area (Å²) in [5, 5.41) is 9.74. The summed E-state index contributed by atoms with van der Waals surface area (Å²) in [6.07, 6.45) is 1.12. The third kappa shape index (κ3) is 5.54. The molecular formula is C19H21F2NO2S. The Hall–Kier alpha value is -1.92. The molecule has 0 saturated heterocycles. The lowest BCUT2D eigenvalue weighted by Gasteiger charge is -2.28. The Bertz CT molecular complexity index is 692. The molecule has 2 unspecified atom stereocenters. The first-order valence-corrected chi connectivity index (χ1v) is 8.54. The molecule has 2 rings (SSSR count). The van der Waals surface area contributed by atoms with E-state index in [1.165, 1.54) is 41.3 Å². The van der Waals surface area contributed by atoms with Gasteiger partial charge in [-0.1, -0.05) is 24.8 Å². The fourth-order valence-corrected chi connectivity index (χ4v) is 3.06. The number of rotatable bonds is 7. The van der Waals surface area contributed by atoms with Crippen LogP contribution in [-0.4, -0.2) is 16.4 Å². The number of hydrogen-bond acceptors (Lipinski definition) is 2. The lowest BCUT2D eigenvalue weighted by Crippen LogP contribution is -2.35. The van der Waals surface area contributed by atoms with Crippen LogP contribution in [0.4, 0.5) is 19.3 Å². The number of anilines is 1. The maximum atomic E-state index is 13.1. The Balaban J connectivity index is 1.92. The number of halogens is 2. The Labute approximate surface area is 151 Å². The van der Waals surface area contributed by atoms with Gasteiger partial charge in [-0.25, -0.2) is 8.78 Å². The number of benzene rings is 2. The van der Waals surface area contributed by atoms with Crippen molar-refractivity contribution in [2.45, 2.75) is 38.3 Å². The van der Waals surface area contributed by atoms with Crippen molar-refractivity contribution in [2.24, 2.45) is 0 Å². The first kappa shape index (κ1) is 19.4. The summed E-state index contributed by atoms with van der Waals surface area (Å²) in [6, 6.07) is 11.3. The van der Waals surface area contributed by atoms with E-state index in [1.807, 2.05) is 6.92 Å². The van der Waals surface area contributed by atoms with E-state index in [9.17, 15) is 18.7 Å². The smallest absolute Gasteiger partial charge is 0.283 e. The van der Waals surface area contributed by atoms with Gasteiger partial charge in [-0.05, 0) is 68.1 Å². The van der Waals surface area contributed by atoms with Crippen LogP contribution in [0.5, 0.6) is 0 Å². The number of carbonyl (C=O) groups is 1. The molecule has 0 fully saturated rings. The highest BCUT2D eigenvalue weighted by molar-refractivity contribution is 7.96. The number of carbonyl (C=O) groups excluding carboxylic acids is 1. The van der Waals surface area contributed by atoms with Crippen LogP contribution in [0, 0.1) is 11.6 Å². The molecule has 2 aromatic rings. The fourth-order valence-electron chi connectivity index (χ4n) is 2.74. The van der Waals surface area contributed by atoms with Crippen LogP contribution in [0.3, 0.4) is 0 Å². The third-order valence-corrected chi connectivity index (χ3v) is 4.32. The molecule has 3 nitrogen and oxygen atoms in total. The second-order valence-electron chi connectivity index (χ2n) is 5.98. The van der Waals surface area contributed by atoms with Crippen molar-refractivity contribution in [3.63, 3.8) is 0 Å². The molecule has 1 N–H and O–H groups in total. The molecule has 0 radical (unpaired) electrons. The van der Waals surface area contributed by atoms with Crippen molar-refractivity contribution in [3.8, 4) is 0 Å². The van der Waals surface area contributed by atoms with Gasteiger partial charge in [-0.2, -0.15) is 0 Å². The molecule has 0 aliphatic carbocycles. The minimum absolute atomic E-state index is 0.157. The fraction of sp³-hybridized carbons (Fsp3) is 0.316. The van der Waals surface area contributed by atoms with Crippen LogP contribution < -0.4 is 4.90 Å². The zero-order chi connectivity index (χ0) is 18.4. The molecule has 0 heterocycles. The van der Waals surface area contributed by atoms with Crippen molar-refractivity contribution < 1.29 is 18.7 Å². The maximum absolute atomic E-state index is 13.1. The van der Waals surface area contributed by atoms with Gasteiger partial charge in [0.2, 0.25) is 0 Å². The number of aliphatic hydroxyl groups is 1. The van der Waals surface area contributed by atoms with E-state index in [4.69, 9.17) is 0 Å². The molecule has 0 aliphatic heterocycles. The van der Waals surface area contributed by atoms with Gasteiger partial charge in [0.05, 0.1) is 6.10 Å². The quantitative estimate of drug-likeness (QED) is 0.669. The summed E-state index contributed by atoms with van der Waals surface area (Å²) in [4.78, 5) is 13.3. The molecule has 0 bridgehead atoms. The molecule has 2 atom stereocenters. The molecule has 0 saturated carbocycles. The Morgan fingerprint density at radius 2 is 1.56 bits per heavy atom. The maximum Gasteiger partial charge on any atom is 0.283 e. The minimum atomic E-state index is -0.682. The molecule has 2 aromatic carbocycles. The van der Waals surface area contributed by atoms with Crippen LogP contribution in [-0.2, 0) is 0 Å². The zero-order valence-corrected chi connectivity index (χ0v) is 14.8. The monoisotopic (exact) mass is 365 g/mol. The van der Waals surface area contributed by atoms with Crippen molar-refractivity contribution >= 4 is 23.6 Å². The van der Waals surface area contributed by atoms with Gasteiger partial charge in [-0.3, -0.25) is 4.79 Å². The van der Waals surface area contributed by atoms with E-state index < -0.39 is 11.3 Å². The van der Waals surface area contributed by atoms with E-state index in [0.29, 0.717) is 30.5 Å². The van der Waals surface area contributed by atoms with Crippen molar-refractivity contribution in [1.82, 2.24) is 0 Å². The Morgan fingerprint density at radius 3 is 2.08 bits per heavy atom. The highest BCUT2D eigenvalue weighted by atomic mass is 32.1. The van der Waals surface area contributed by atoms with E-state index in [1.54, 1.807) is 12.1 Å². The molecule has 0 spiro atoms. The van der Waals surface area contributed by atoms with Crippen molar-refractivity contribution in [1.29, 1.82) is 0 Å². The highest BCUT2D eigenvalue weighted by Gasteiger charge is 2.20. The lowest BCUT2D eigenvalue weighted by molar-refractivity contribution is 0.163. The number of hydrogen-bond donors (Lipinski definition) is 2. The molecule has 6 heteroatoms. The summed E-state index contributed by atoms with van der Waals surface area (Å²) in [5.41, 5.74) is 1.24. The van der Waals surface area contributed by atoms with Crippen molar-refractivity contribution in [2.75, 3.05) is 4.90 Å². The van der Waals surface area contributed by atoms with Crippen LogP contribution >= 0.6 is 12.6 Å². The molecule has 0 aliphatic rings. The van der Waals surface area contributed by atoms with E-state index >= 15 is 0 Å². The Kier molecular flexibility index (Phi) is 6.96. The molecule has 0 aromatic heterocycles. The molecule has 134 valence electrons. The second kappa shape index (κ2) is 8.97. The highest BCUT2D eigenvalue weighted by Crippen LogP contribution is 2.24. The molecule has 1 amide bonds. The normalized spacial score (nSPS) is 13.3. The average molecular weight is 365 g/mol.